The van der Waals surface area contributed by atoms with Crippen LogP contribution in [0, 0.1) is 0 Å². The molecule has 0 unspecified atom stereocenters. The normalized spacial score (nSPS) is 16.8. The molecule has 0 saturated heterocycles. The van der Waals surface area contributed by atoms with Gasteiger partial charge < -0.3 is 11.1 Å². The second kappa shape index (κ2) is 4.29. The summed E-state index contributed by atoms with van der Waals surface area (Å²) in [6.07, 6.45) is 7.24. The van der Waals surface area contributed by atoms with Gasteiger partial charge in [-0.15, -0.1) is 0 Å². The van der Waals surface area contributed by atoms with Crippen molar-refractivity contribution in [3.63, 3.8) is 0 Å². The molecule has 0 aromatic carbocycles. The SMILES string of the molecule is CSC1(CNC(=O)c2cncc(N)n2)CC1. The minimum atomic E-state index is -0.208. The van der Waals surface area contributed by atoms with Gasteiger partial charge in [0, 0.05) is 11.3 Å². The molecule has 5 nitrogen and oxygen atoms in total. The van der Waals surface area contributed by atoms with E-state index in [-0.39, 0.29) is 22.2 Å². The molecule has 0 spiro atoms. The van der Waals surface area contributed by atoms with Gasteiger partial charge in [0.25, 0.3) is 5.91 Å². The summed E-state index contributed by atoms with van der Waals surface area (Å²) in [7, 11) is 0. The Hall–Kier alpha value is -1.30. The summed E-state index contributed by atoms with van der Waals surface area (Å²) in [4.78, 5) is 19.5. The Bertz CT molecular complexity index is 406. The zero-order valence-electron chi connectivity index (χ0n) is 9.06. The molecule has 1 aromatic heterocycles. The van der Waals surface area contributed by atoms with E-state index in [1.165, 1.54) is 12.4 Å². The number of thioether (sulfide) groups is 1. The molecule has 3 N–H and O–H groups in total. The Morgan fingerprint density at radius 3 is 2.94 bits per heavy atom. The number of hydrogen-bond acceptors (Lipinski definition) is 5. The predicted octanol–water partition coefficient (Wildman–Crippen LogP) is 0.684. The number of rotatable bonds is 4. The summed E-state index contributed by atoms with van der Waals surface area (Å²) >= 11 is 1.80. The molecule has 1 amide bonds. The molecule has 16 heavy (non-hydrogen) atoms. The topological polar surface area (TPSA) is 80.9 Å². The van der Waals surface area contributed by atoms with E-state index in [1.807, 2.05) is 0 Å². The van der Waals surface area contributed by atoms with Gasteiger partial charge in [0.2, 0.25) is 0 Å². The highest BCUT2D eigenvalue weighted by Crippen LogP contribution is 2.46. The molecular formula is C10H14N4OS. The van der Waals surface area contributed by atoms with E-state index in [4.69, 9.17) is 5.73 Å². The first-order valence-corrected chi connectivity index (χ1v) is 6.29. The van der Waals surface area contributed by atoms with E-state index in [1.54, 1.807) is 11.8 Å². The van der Waals surface area contributed by atoms with E-state index >= 15 is 0 Å². The number of hydrogen-bond donors (Lipinski definition) is 2. The minimum absolute atomic E-state index is 0.208. The lowest BCUT2D eigenvalue weighted by atomic mass is 10.3. The van der Waals surface area contributed by atoms with E-state index in [2.05, 4.69) is 21.5 Å². The third kappa shape index (κ3) is 2.44. The summed E-state index contributed by atoms with van der Waals surface area (Å²) in [6.45, 7) is 0.684. The second-order valence-corrected chi connectivity index (χ2v) is 5.17. The van der Waals surface area contributed by atoms with E-state index in [0.717, 1.165) is 12.8 Å². The van der Waals surface area contributed by atoms with Gasteiger partial charge in [-0.1, -0.05) is 0 Å². The number of nitrogens with zero attached hydrogens (tertiary/aromatic N) is 2. The largest absolute Gasteiger partial charge is 0.382 e. The van der Waals surface area contributed by atoms with Crippen molar-refractivity contribution >= 4 is 23.5 Å². The molecule has 6 heteroatoms. The van der Waals surface area contributed by atoms with Gasteiger partial charge in [-0.25, -0.2) is 4.98 Å². The standard InChI is InChI=1S/C10H14N4OS/c1-16-10(2-3-10)6-13-9(15)7-4-12-5-8(11)14-7/h4-5H,2-3,6H2,1H3,(H2,11,14)(H,13,15). The third-order valence-corrected chi connectivity index (χ3v) is 4.12. The second-order valence-electron chi connectivity index (χ2n) is 3.90. The van der Waals surface area contributed by atoms with Gasteiger partial charge in [0.15, 0.2) is 0 Å². The first-order valence-electron chi connectivity index (χ1n) is 5.06. The number of carbonyl (C=O) groups excluding carboxylic acids is 1. The Balaban J connectivity index is 1.93. The number of anilines is 1. The Labute approximate surface area is 98.2 Å². The van der Waals surface area contributed by atoms with Gasteiger partial charge in [-0.05, 0) is 19.1 Å². The van der Waals surface area contributed by atoms with Crippen molar-refractivity contribution in [3.8, 4) is 0 Å². The van der Waals surface area contributed by atoms with E-state index in [9.17, 15) is 4.79 Å². The molecule has 1 heterocycles. The van der Waals surface area contributed by atoms with Crippen LogP contribution >= 0.6 is 11.8 Å². The smallest absolute Gasteiger partial charge is 0.271 e. The van der Waals surface area contributed by atoms with E-state index < -0.39 is 0 Å². The van der Waals surface area contributed by atoms with Crippen molar-refractivity contribution in [2.24, 2.45) is 0 Å². The number of carbonyl (C=O) groups is 1. The zero-order chi connectivity index (χ0) is 11.6. The van der Waals surface area contributed by atoms with Crippen molar-refractivity contribution in [1.82, 2.24) is 15.3 Å². The van der Waals surface area contributed by atoms with Gasteiger partial charge in [-0.3, -0.25) is 9.78 Å². The summed E-state index contributed by atoms with van der Waals surface area (Å²) in [5, 5.41) is 2.86. The number of nitrogens with two attached hydrogens (primary N) is 1. The van der Waals surface area contributed by atoms with E-state index in [0.29, 0.717) is 6.54 Å². The molecule has 1 saturated carbocycles. The van der Waals surface area contributed by atoms with Crippen LogP contribution in [-0.4, -0.2) is 33.4 Å². The molecule has 0 atom stereocenters. The van der Waals surface area contributed by atoms with Crippen molar-refractivity contribution in [2.75, 3.05) is 18.5 Å². The van der Waals surface area contributed by atoms with Gasteiger partial charge in [0.1, 0.15) is 11.5 Å². The summed E-state index contributed by atoms with van der Waals surface area (Å²) in [6, 6.07) is 0. The number of nitrogens with one attached hydrogen (secondary N) is 1. The van der Waals surface area contributed by atoms with Crippen LogP contribution in [0.3, 0.4) is 0 Å². The van der Waals surface area contributed by atoms with Crippen LogP contribution in [0.4, 0.5) is 5.82 Å². The van der Waals surface area contributed by atoms with Crippen LogP contribution < -0.4 is 11.1 Å². The van der Waals surface area contributed by atoms with Crippen LogP contribution in [0.25, 0.3) is 0 Å². The summed E-state index contributed by atoms with van der Waals surface area (Å²) in [5.41, 5.74) is 5.73. The van der Waals surface area contributed by atoms with Crippen LogP contribution in [0.5, 0.6) is 0 Å². The molecular weight excluding hydrogens is 224 g/mol. The van der Waals surface area contributed by atoms with Crippen LogP contribution in [0.15, 0.2) is 12.4 Å². The van der Waals surface area contributed by atoms with Crippen LogP contribution in [-0.2, 0) is 0 Å². The Kier molecular flexibility index (Phi) is 3.00. The fourth-order valence-corrected chi connectivity index (χ4v) is 2.14. The van der Waals surface area contributed by atoms with Gasteiger partial charge in [-0.2, -0.15) is 11.8 Å². The molecule has 1 aliphatic carbocycles. The fraction of sp³-hybridized carbons (Fsp3) is 0.500. The first-order chi connectivity index (χ1) is 7.65. The molecule has 2 rings (SSSR count). The average Bonchev–Trinajstić information content (AvgIpc) is 3.07. The Morgan fingerprint density at radius 1 is 1.62 bits per heavy atom. The lowest BCUT2D eigenvalue weighted by Gasteiger charge is -2.12. The number of amides is 1. The molecule has 1 aliphatic rings. The quantitative estimate of drug-likeness (QED) is 0.806. The molecule has 86 valence electrons. The molecule has 0 radical (unpaired) electrons. The minimum Gasteiger partial charge on any atom is -0.382 e. The lowest BCUT2D eigenvalue weighted by Crippen LogP contribution is -2.32. The van der Waals surface area contributed by atoms with Crippen LogP contribution in [0.1, 0.15) is 23.3 Å². The highest BCUT2D eigenvalue weighted by atomic mass is 32.2. The maximum atomic E-state index is 11.7. The van der Waals surface area contributed by atoms with Crippen molar-refractivity contribution < 1.29 is 4.79 Å². The Morgan fingerprint density at radius 2 is 2.38 bits per heavy atom. The summed E-state index contributed by atoms with van der Waals surface area (Å²) < 4.78 is 0.253. The van der Waals surface area contributed by atoms with Gasteiger partial charge >= 0.3 is 0 Å². The first kappa shape index (κ1) is 11.2. The average molecular weight is 238 g/mol. The molecule has 1 aromatic rings. The third-order valence-electron chi connectivity index (χ3n) is 2.70. The van der Waals surface area contributed by atoms with Crippen LogP contribution in [0.2, 0.25) is 0 Å². The van der Waals surface area contributed by atoms with Gasteiger partial charge in [0.05, 0.1) is 12.4 Å². The maximum absolute atomic E-state index is 11.7. The summed E-state index contributed by atoms with van der Waals surface area (Å²) in [5.74, 6) is 0.0544. The highest BCUT2D eigenvalue weighted by Gasteiger charge is 2.42. The molecule has 1 fully saturated rings. The zero-order valence-corrected chi connectivity index (χ0v) is 9.88. The molecule has 0 aliphatic heterocycles. The highest BCUT2D eigenvalue weighted by molar-refractivity contribution is 8.00. The lowest BCUT2D eigenvalue weighted by molar-refractivity contribution is 0.0947. The maximum Gasteiger partial charge on any atom is 0.271 e. The predicted molar refractivity (Wildman–Crippen MR) is 64.3 cm³/mol. The number of aromatic nitrogens is 2. The number of nitrogen functional groups attached to an aromatic ring is 1. The fourth-order valence-electron chi connectivity index (χ4n) is 1.41. The van der Waals surface area contributed by atoms with Crippen molar-refractivity contribution in [1.29, 1.82) is 0 Å². The monoisotopic (exact) mass is 238 g/mol. The van der Waals surface area contributed by atoms with Crippen molar-refractivity contribution in [3.05, 3.63) is 18.1 Å². The van der Waals surface area contributed by atoms with Crippen molar-refractivity contribution in [2.45, 2.75) is 17.6 Å². The molecule has 0 bridgehead atoms.